The summed E-state index contributed by atoms with van der Waals surface area (Å²) in [6.07, 6.45) is 0. The van der Waals surface area contributed by atoms with E-state index in [9.17, 15) is 17.6 Å². The second kappa shape index (κ2) is 10.7. The second-order valence-corrected chi connectivity index (χ2v) is 8.87. The maximum absolute atomic E-state index is 14.1. The fourth-order valence-electron chi connectivity index (χ4n) is 3.10. The number of nitrogens with zero attached hydrogens (tertiary/aromatic N) is 1. The number of rotatable bonds is 9. The molecule has 2 aromatic carbocycles. The van der Waals surface area contributed by atoms with Crippen molar-refractivity contribution in [2.24, 2.45) is 0 Å². The number of sulfonamides is 1. The number of hydrogen-bond donors (Lipinski definition) is 2. The molecule has 168 valence electrons. The van der Waals surface area contributed by atoms with E-state index in [-0.39, 0.29) is 17.0 Å². The molecule has 0 unspecified atom stereocenters. The number of hydrogen-bond acceptors (Lipinski definition) is 6. The average molecular weight is 452 g/mol. The van der Waals surface area contributed by atoms with Gasteiger partial charge in [0.25, 0.3) is 5.91 Å². The van der Waals surface area contributed by atoms with Gasteiger partial charge in [0.05, 0.1) is 23.7 Å². The Balaban J connectivity index is 1.57. The molecule has 0 spiro atoms. The van der Waals surface area contributed by atoms with Crippen molar-refractivity contribution < 1.29 is 27.1 Å². The van der Waals surface area contributed by atoms with Crippen LogP contribution >= 0.6 is 0 Å². The van der Waals surface area contributed by atoms with Gasteiger partial charge in [-0.3, -0.25) is 9.69 Å². The third-order valence-corrected chi connectivity index (χ3v) is 6.30. The molecule has 8 nitrogen and oxygen atoms in total. The molecule has 1 saturated heterocycles. The van der Waals surface area contributed by atoms with E-state index in [1.54, 1.807) is 6.07 Å². The molecule has 0 saturated carbocycles. The van der Waals surface area contributed by atoms with Crippen LogP contribution < -0.4 is 14.8 Å². The topological polar surface area (TPSA) is 97.0 Å². The lowest BCUT2D eigenvalue weighted by molar-refractivity contribution is 0.0322. The van der Waals surface area contributed by atoms with Crippen LogP contribution in [0, 0.1) is 5.82 Å². The number of morpholine rings is 1. The van der Waals surface area contributed by atoms with Gasteiger partial charge >= 0.3 is 0 Å². The van der Waals surface area contributed by atoms with Crippen LogP contribution in [0.15, 0.2) is 47.4 Å². The monoisotopic (exact) mass is 451 g/mol. The highest BCUT2D eigenvalue weighted by Crippen LogP contribution is 2.16. The van der Waals surface area contributed by atoms with Crippen molar-refractivity contribution in [1.82, 2.24) is 14.9 Å². The molecule has 1 aliphatic heterocycles. The Morgan fingerprint density at radius 3 is 2.71 bits per heavy atom. The van der Waals surface area contributed by atoms with Gasteiger partial charge in [0.2, 0.25) is 10.0 Å². The number of carbonyl (C=O) groups excluding carboxylic acids is 1. The fraction of sp³-hybridized carbons (Fsp3) is 0.381. The summed E-state index contributed by atoms with van der Waals surface area (Å²) in [4.78, 5) is 14.5. The molecular formula is C21H26FN3O5S. The van der Waals surface area contributed by atoms with E-state index in [4.69, 9.17) is 9.47 Å². The predicted octanol–water partition coefficient (Wildman–Crippen LogP) is 1.37. The molecule has 3 rings (SSSR count). The summed E-state index contributed by atoms with van der Waals surface area (Å²) in [5, 5.41) is 2.62. The van der Waals surface area contributed by atoms with E-state index in [1.807, 2.05) is 18.2 Å². The normalized spacial score (nSPS) is 14.9. The Morgan fingerprint density at radius 1 is 1.19 bits per heavy atom. The highest BCUT2D eigenvalue weighted by molar-refractivity contribution is 7.89. The van der Waals surface area contributed by atoms with Gasteiger partial charge in [0, 0.05) is 26.2 Å². The van der Waals surface area contributed by atoms with E-state index in [1.165, 1.54) is 7.05 Å². The van der Waals surface area contributed by atoms with E-state index < -0.39 is 21.7 Å². The third kappa shape index (κ3) is 6.47. The molecule has 0 radical (unpaired) electrons. The highest BCUT2D eigenvalue weighted by Gasteiger charge is 2.18. The van der Waals surface area contributed by atoms with Gasteiger partial charge in [-0.25, -0.2) is 17.5 Å². The fourth-order valence-corrected chi connectivity index (χ4v) is 3.86. The summed E-state index contributed by atoms with van der Waals surface area (Å²) in [6, 6.07) is 10.3. The van der Waals surface area contributed by atoms with Gasteiger partial charge in [-0.2, -0.15) is 0 Å². The number of amides is 1. The summed E-state index contributed by atoms with van der Waals surface area (Å²) in [5.41, 5.74) is 0.436. The smallest absolute Gasteiger partial charge is 0.254 e. The first kappa shape index (κ1) is 23.1. The van der Waals surface area contributed by atoms with Crippen molar-refractivity contribution in [2.45, 2.75) is 11.4 Å². The third-order valence-electron chi connectivity index (χ3n) is 4.89. The Morgan fingerprint density at radius 2 is 1.97 bits per heavy atom. The lowest BCUT2D eigenvalue weighted by Gasteiger charge is -2.26. The van der Waals surface area contributed by atoms with Gasteiger partial charge in [0.15, 0.2) is 0 Å². The van der Waals surface area contributed by atoms with Crippen LogP contribution in [0.2, 0.25) is 0 Å². The molecule has 1 amide bonds. The maximum atomic E-state index is 14.1. The minimum absolute atomic E-state index is 0.141. The molecule has 1 fully saturated rings. The molecule has 31 heavy (non-hydrogen) atoms. The second-order valence-electron chi connectivity index (χ2n) is 6.98. The van der Waals surface area contributed by atoms with Crippen LogP contribution in [-0.2, 0) is 21.3 Å². The lowest BCUT2D eigenvalue weighted by Crippen LogP contribution is -2.38. The Hall–Kier alpha value is -2.53. The van der Waals surface area contributed by atoms with Gasteiger partial charge in [-0.05, 0) is 42.9 Å². The van der Waals surface area contributed by atoms with Crippen LogP contribution in [-0.4, -0.2) is 65.7 Å². The maximum Gasteiger partial charge on any atom is 0.254 e. The molecule has 0 bridgehead atoms. The largest absolute Gasteiger partial charge is 0.492 e. The van der Waals surface area contributed by atoms with Crippen molar-refractivity contribution in [1.29, 1.82) is 0 Å². The van der Waals surface area contributed by atoms with Gasteiger partial charge in [-0.15, -0.1) is 0 Å². The molecule has 0 atom stereocenters. The Bertz CT molecular complexity index is 1010. The molecule has 2 aromatic rings. The molecular weight excluding hydrogens is 425 g/mol. The number of halogens is 1. The van der Waals surface area contributed by atoms with Gasteiger partial charge in [0.1, 0.15) is 18.2 Å². The predicted molar refractivity (Wildman–Crippen MR) is 113 cm³/mol. The first-order chi connectivity index (χ1) is 14.9. The Kier molecular flexibility index (Phi) is 7.97. The summed E-state index contributed by atoms with van der Waals surface area (Å²) >= 11 is 0. The first-order valence-electron chi connectivity index (χ1n) is 9.92. The standard InChI is InChI=1S/C21H26FN3O5S/c1-23-31(27,28)18-5-6-20(22)19(14-18)21(26)24-15-16-3-2-4-17(13-16)30-12-9-25-7-10-29-11-8-25/h2-6,13-14,23H,7-12,15H2,1H3,(H,24,26). The van der Waals surface area contributed by atoms with Crippen LogP contribution in [0.25, 0.3) is 0 Å². The minimum Gasteiger partial charge on any atom is -0.492 e. The number of carbonyl (C=O) groups is 1. The summed E-state index contributed by atoms with van der Waals surface area (Å²) in [6.45, 7) is 4.73. The molecule has 2 N–H and O–H groups in total. The average Bonchev–Trinajstić information content (AvgIpc) is 2.78. The molecule has 10 heteroatoms. The van der Waals surface area contributed by atoms with Gasteiger partial charge in [-0.1, -0.05) is 12.1 Å². The first-order valence-corrected chi connectivity index (χ1v) is 11.4. The van der Waals surface area contributed by atoms with Crippen molar-refractivity contribution in [3.8, 4) is 5.75 Å². The quantitative estimate of drug-likeness (QED) is 0.598. The molecule has 0 aliphatic carbocycles. The zero-order valence-corrected chi connectivity index (χ0v) is 18.1. The summed E-state index contributed by atoms with van der Waals surface area (Å²) in [7, 11) is -2.54. The minimum atomic E-state index is -3.78. The van der Waals surface area contributed by atoms with Crippen LogP contribution in [0.4, 0.5) is 4.39 Å². The van der Waals surface area contributed by atoms with E-state index in [0.29, 0.717) is 12.4 Å². The van der Waals surface area contributed by atoms with Crippen LogP contribution in [0.3, 0.4) is 0 Å². The lowest BCUT2D eigenvalue weighted by atomic mass is 10.1. The van der Waals surface area contributed by atoms with E-state index in [0.717, 1.165) is 56.6 Å². The number of nitrogens with one attached hydrogen (secondary N) is 2. The molecule has 0 aromatic heterocycles. The van der Waals surface area contributed by atoms with Crippen molar-refractivity contribution in [3.05, 3.63) is 59.4 Å². The van der Waals surface area contributed by atoms with Crippen LogP contribution in [0.5, 0.6) is 5.75 Å². The molecule has 1 aliphatic rings. The molecule has 1 heterocycles. The zero-order valence-electron chi connectivity index (χ0n) is 17.3. The van der Waals surface area contributed by atoms with Gasteiger partial charge < -0.3 is 14.8 Å². The highest BCUT2D eigenvalue weighted by atomic mass is 32.2. The number of ether oxygens (including phenoxy) is 2. The SMILES string of the molecule is CNS(=O)(=O)c1ccc(F)c(C(=O)NCc2cccc(OCCN3CCOCC3)c2)c1. The van der Waals surface area contributed by atoms with E-state index in [2.05, 4.69) is 14.9 Å². The zero-order chi connectivity index (χ0) is 22.3. The van der Waals surface area contributed by atoms with E-state index >= 15 is 0 Å². The van der Waals surface area contributed by atoms with Crippen molar-refractivity contribution in [3.63, 3.8) is 0 Å². The summed E-state index contributed by atoms with van der Waals surface area (Å²) in [5.74, 6) is -0.828. The van der Waals surface area contributed by atoms with Crippen molar-refractivity contribution in [2.75, 3.05) is 46.5 Å². The summed E-state index contributed by atoms with van der Waals surface area (Å²) < 4.78 is 51.2. The van der Waals surface area contributed by atoms with Crippen molar-refractivity contribution >= 4 is 15.9 Å². The van der Waals surface area contributed by atoms with Crippen LogP contribution in [0.1, 0.15) is 15.9 Å². The number of benzene rings is 2. The Labute approximate surface area is 181 Å².